The molecule has 1 aliphatic heterocycles. The van der Waals surface area contributed by atoms with Crippen molar-refractivity contribution in [1.29, 1.82) is 0 Å². The first-order chi connectivity index (χ1) is 14.7. The molecule has 0 radical (unpaired) electrons. The van der Waals surface area contributed by atoms with E-state index >= 15 is 0 Å². The number of thiazole rings is 1. The van der Waals surface area contributed by atoms with Gasteiger partial charge in [0.25, 0.3) is 0 Å². The van der Waals surface area contributed by atoms with E-state index in [0.717, 1.165) is 42.3 Å². The molecule has 0 spiro atoms. The molecule has 0 fully saturated rings. The summed E-state index contributed by atoms with van der Waals surface area (Å²) in [4.78, 5) is 20.9. The predicted molar refractivity (Wildman–Crippen MR) is 121 cm³/mol. The van der Waals surface area contributed by atoms with E-state index in [9.17, 15) is 4.79 Å². The fourth-order valence-electron chi connectivity index (χ4n) is 3.57. The second-order valence-corrected chi connectivity index (χ2v) is 8.99. The van der Waals surface area contributed by atoms with Crippen LogP contribution >= 0.6 is 22.7 Å². The van der Waals surface area contributed by atoms with Crippen molar-refractivity contribution in [3.8, 4) is 22.1 Å². The smallest absolute Gasteiger partial charge is 0.226 e. The maximum Gasteiger partial charge on any atom is 0.226 e. The number of carbonyl (C=O) groups is 1. The van der Waals surface area contributed by atoms with Crippen LogP contribution in [-0.2, 0) is 24.2 Å². The molecule has 1 N–H and O–H groups in total. The van der Waals surface area contributed by atoms with Gasteiger partial charge in [-0.2, -0.15) is 0 Å². The zero-order valence-electron chi connectivity index (χ0n) is 17.1. The molecule has 1 amide bonds. The summed E-state index contributed by atoms with van der Waals surface area (Å²) >= 11 is 3.37. The summed E-state index contributed by atoms with van der Waals surface area (Å²) in [5.41, 5.74) is 3.16. The first-order valence-corrected chi connectivity index (χ1v) is 11.6. The molecule has 1 aromatic carbocycles. The number of ether oxygens (including phenoxy) is 2. The van der Waals surface area contributed by atoms with Crippen LogP contribution in [-0.4, -0.2) is 49.6 Å². The standard InChI is InChI=1S/C22H25N3O3S2/c1-27-18-4-3-15(11-19(18)28-2)22-24-17(14-30-22)12-21(26)23-7-9-25-8-5-20-16(13-25)6-10-29-20/h3-4,6,10-11,14H,5,7-9,12-13H2,1-2H3,(H,23,26). The zero-order valence-corrected chi connectivity index (χ0v) is 18.8. The lowest BCUT2D eigenvalue weighted by Crippen LogP contribution is -2.37. The fraction of sp³-hybridized carbons (Fsp3) is 0.364. The highest BCUT2D eigenvalue weighted by molar-refractivity contribution is 7.13. The number of fused-ring (bicyclic) bond motifs is 1. The Morgan fingerprint density at radius 1 is 1.20 bits per heavy atom. The van der Waals surface area contributed by atoms with Gasteiger partial charge >= 0.3 is 0 Å². The number of hydrogen-bond donors (Lipinski definition) is 1. The lowest BCUT2D eigenvalue weighted by atomic mass is 10.1. The molecular weight excluding hydrogens is 418 g/mol. The molecule has 8 heteroatoms. The minimum Gasteiger partial charge on any atom is -0.493 e. The number of carbonyl (C=O) groups excluding carboxylic acids is 1. The number of nitrogens with zero attached hydrogens (tertiary/aromatic N) is 2. The van der Waals surface area contributed by atoms with E-state index in [0.29, 0.717) is 24.5 Å². The van der Waals surface area contributed by atoms with Crippen molar-refractivity contribution < 1.29 is 14.3 Å². The molecule has 0 saturated heterocycles. The van der Waals surface area contributed by atoms with E-state index in [1.54, 1.807) is 14.2 Å². The second-order valence-electron chi connectivity index (χ2n) is 7.14. The van der Waals surface area contributed by atoms with Gasteiger partial charge in [-0.3, -0.25) is 9.69 Å². The molecular formula is C22H25N3O3S2. The Bertz CT molecular complexity index is 1010. The van der Waals surface area contributed by atoms with Crippen molar-refractivity contribution in [2.75, 3.05) is 33.9 Å². The summed E-state index contributed by atoms with van der Waals surface area (Å²) in [7, 11) is 3.23. The van der Waals surface area contributed by atoms with Crippen LogP contribution in [0, 0.1) is 0 Å². The summed E-state index contributed by atoms with van der Waals surface area (Å²) in [5, 5.41) is 7.99. The third-order valence-electron chi connectivity index (χ3n) is 5.16. The molecule has 2 aromatic heterocycles. The quantitative estimate of drug-likeness (QED) is 0.576. The Hall–Kier alpha value is -2.42. The fourth-order valence-corrected chi connectivity index (χ4v) is 5.27. The zero-order chi connectivity index (χ0) is 20.9. The van der Waals surface area contributed by atoms with Gasteiger partial charge in [-0.25, -0.2) is 4.98 Å². The summed E-state index contributed by atoms with van der Waals surface area (Å²) in [5.74, 6) is 1.35. The van der Waals surface area contributed by atoms with Crippen molar-refractivity contribution in [3.63, 3.8) is 0 Å². The Morgan fingerprint density at radius 3 is 2.90 bits per heavy atom. The lowest BCUT2D eigenvalue weighted by molar-refractivity contribution is -0.120. The van der Waals surface area contributed by atoms with Crippen molar-refractivity contribution in [2.24, 2.45) is 0 Å². The number of rotatable bonds is 8. The molecule has 158 valence electrons. The van der Waals surface area contributed by atoms with Gasteiger partial charge in [0, 0.05) is 42.0 Å². The first kappa shape index (κ1) is 20.8. The highest BCUT2D eigenvalue weighted by Gasteiger charge is 2.17. The summed E-state index contributed by atoms with van der Waals surface area (Å²) in [6, 6.07) is 7.92. The topological polar surface area (TPSA) is 63.7 Å². The highest BCUT2D eigenvalue weighted by Crippen LogP contribution is 2.33. The number of thiophene rings is 1. The molecule has 1 aliphatic rings. The van der Waals surface area contributed by atoms with E-state index in [4.69, 9.17) is 9.47 Å². The van der Waals surface area contributed by atoms with Gasteiger partial charge < -0.3 is 14.8 Å². The Kier molecular flexibility index (Phi) is 6.66. The van der Waals surface area contributed by atoms with Gasteiger partial charge in [-0.05, 0) is 41.6 Å². The summed E-state index contributed by atoms with van der Waals surface area (Å²) < 4.78 is 10.6. The molecule has 3 aromatic rings. The van der Waals surface area contributed by atoms with Gasteiger partial charge in [-0.15, -0.1) is 22.7 Å². The van der Waals surface area contributed by atoms with E-state index in [-0.39, 0.29) is 5.91 Å². The molecule has 0 aliphatic carbocycles. The van der Waals surface area contributed by atoms with Crippen LogP contribution in [0.1, 0.15) is 16.1 Å². The predicted octanol–water partition coefficient (Wildman–Crippen LogP) is 3.61. The third-order valence-corrected chi connectivity index (χ3v) is 7.12. The normalized spacial score (nSPS) is 13.7. The molecule has 30 heavy (non-hydrogen) atoms. The molecule has 6 nitrogen and oxygen atoms in total. The van der Waals surface area contributed by atoms with E-state index in [1.165, 1.54) is 21.8 Å². The van der Waals surface area contributed by atoms with Crippen molar-refractivity contribution in [2.45, 2.75) is 19.4 Å². The molecule has 0 bridgehead atoms. The lowest BCUT2D eigenvalue weighted by Gasteiger charge is -2.26. The Morgan fingerprint density at radius 2 is 2.07 bits per heavy atom. The van der Waals surface area contributed by atoms with Crippen LogP contribution in [0.25, 0.3) is 10.6 Å². The van der Waals surface area contributed by atoms with Gasteiger partial charge in [0.1, 0.15) is 5.01 Å². The SMILES string of the molecule is COc1ccc(-c2nc(CC(=O)NCCN3CCc4sccc4C3)cs2)cc1OC. The molecule has 0 atom stereocenters. The van der Waals surface area contributed by atoms with Crippen LogP contribution in [0.5, 0.6) is 11.5 Å². The van der Waals surface area contributed by atoms with Gasteiger partial charge in [-0.1, -0.05) is 0 Å². The van der Waals surface area contributed by atoms with E-state index in [2.05, 4.69) is 26.6 Å². The van der Waals surface area contributed by atoms with Crippen LogP contribution in [0.4, 0.5) is 0 Å². The number of hydrogen-bond acceptors (Lipinski definition) is 7. The van der Waals surface area contributed by atoms with Crippen LogP contribution in [0.2, 0.25) is 0 Å². The van der Waals surface area contributed by atoms with Crippen molar-refractivity contribution in [1.82, 2.24) is 15.2 Å². The number of nitrogens with one attached hydrogen (secondary N) is 1. The summed E-state index contributed by atoms with van der Waals surface area (Å²) in [6.45, 7) is 3.57. The maximum absolute atomic E-state index is 12.3. The monoisotopic (exact) mass is 443 g/mol. The number of aromatic nitrogens is 1. The van der Waals surface area contributed by atoms with E-state index in [1.807, 2.05) is 34.9 Å². The Labute approximate surface area is 184 Å². The number of amides is 1. The van der Waals surface area contributed by atoms with Crippen LogP contribution < -0.4 is 14.8 Å². The average Bonchev–Trinajstić information content (AvgIpc) is 3.42. The van der Waals surface area contributed by atoms with Crippen LogP contribution in [0.15, 0.2) is 35.0 Å². The summed E-state index contributed by atoms with van der Waals surface area (Å²) in [6.07, 6.45) is 1.40. The minimum absolute atomic E-state index is 0.00685. The average molecular weight is 444 g/mol. The maximum atomic E-state index is 12.3. The highest BCUT2D eigenvalue weighted by atomic mass is 32.1. The van der Waals surface area contributed by atoms with Crippen molar-refractivity contribution in [3.05, 3.63) is 51.2 Å². The minimum atomic E-state index is 0.00685. The van der Waals surface area contributed by atoms with Gasteiger partial charge in [0.2, 0.25) is 5.91 Å². The largest absolute Gasteiger partial charge is 0.493 e. The van der Waals surface area contributed by atoms with E-state index < -0.39 is 0 Å². The molecule has 0 unspecified atom stereocenters. The van der Waals surface area contributed by atoms with Crippen molar-refractivity contribution >= 4 is 28.6 Å². The number of methoxy groups -OCH3 is 2. The van der Waals surface area contributed by atoms with Gasteiger partial charge in [0.05, 0.1) is 26.3 Å². The molecule has 3 heterocycles. The van der Waals surface area contributed by atoms with Gasteiger partial charge in [0.15, 0.2) is 11.5 Å². The first-order valence-electron chi connectivity index (χ1n) is 9.87. The Balaban J connectivity index is 1.27. The third kappa shape index (κ3) is 4.83. The van der Waals surface area contributed by atoms with Crippen LogP contribution in [0.3, 0.4) is 0 Å². The molecule has 0 saturated carbocycles. The number of benzene rings is 1. The molecule has 4 rings (SSSR count). The second kappa shape index (κ2) is 9.59.